The van der Waals surface area contributed by atoms with E-state index in [1.165, 1.54) is 0 Å². The fourth-order valence-corrected chi connectivity index (χ4v) is 2.10. The minimum absolute atomic E-state index is 0.200. The number of nitrogens with two attached hydrogens (primary N) is 1. The van der Waals surface area contributed by atoms with Gasteiger partial charge in [0.1, 0.15) is 0 Å². The number of carbonyl (C=O) groups excluding carboxylic acids is 1. The Morgan fingerprint density at radius 2 is 2.06 bits per heavy atom. The van der Waals surface area contributed by atoms with Crippen LogP contribution in [0.25, 0.3) is 0 Å². The van der Waals surface area contributed by atoms with Crippen LogP contribution in [0, 0.1) is 0 Å². The Balaban J connectivity index is 2.38. The lowest BCUT2D eigenvalue weighted by atomic mass is 10.1. The summed E-state index contributed by atoms with van der Waals surface area (Å²) in [5, 5.41) is 0. The van der Waals surface area contributed by atoms with Gasteiger partial charge in [0.05, 0.1) is 6.54 Å². The summed E-state index contributed by atoms with van der Waals surface area (Å²) in [5.74, 6) is 0.200. The van der Waals surface area contributed by atoms with Crippen molar-refractivity contribution in [3.05, 3.63) is 12.2 Å². The number of piperidine rings is 1. The van der Waals surface area contributed by atoms with Gasteiger partial charge in [0.15, 0.2) is 0 Å². The average Bonchev–Trinajstić information content (AvgIpc) is 2.28. The number of amides is 1. The van der Waals surface area contributed by atoms with Gasteiger partial charge in [-0.3, -0.25) is 9.69 Å². The van der Waals surface area contributed by atoms with Crippen LogP contribution in [0.5, 0.6) is 0 Å². The van der Waals surface area contributed by atoms with Crippen LogP contribution in [0.2, 0.25) is 0 Å². The molecule has 1 heterocycles. The van der Waals surface area contributed by atoms with Crippen molar-refractivity contribution in [2.75, 3.05) is 32.7 Å². The Hall–Kier alpha value is -0.870. The van der Waals surface area contributed by atoms with Crippen LogP contribution in [-0.4, -0.2) is 54.5 Å². The van der Waals surface area contributed by atoms with E-state index in [1.54, 1.807) is 0 Å². The smallest absolute Gasteiger partial charge is 0.237 e. The van der Waals surface area contributed by atoms with Crippen molar-refractivity contribution in [1.82, 2.24) is 9.80 Å². The zero-order valence-corrected chi connectivity index (χ0v) is 11.1. The Morgan fingerprint density at radius 3 is 2.53 bits per heavy atom. The summed E-state index contributed by atoms with van der Waals surface area (Å²) in [6.07, 6.45) is 2.00. The van der Waals surface area contributed by atoms with Gasteiger partial charge >= 0.3 is 0 Å². The predicted octanol–water partition coefficient (Wildman–Crippen LogP) is 0.834. The summed E-state index contributed by atoms with van der Waals surface area (Å²) in [6, 6.07) is 0.319. The second-order valence-corrected chi connectivity index (χ2v) is 4.98. The van der Waals surface area contributed by atoms with Crippen LogP contribution in [0.3, 0.4) is 0 Å². The van der Waals surface area contributed by atoms with Crippen molar-refractivity contribution in [1.29, 1.82) is 0 Å². The molecule has 0 bridgehead atoms. The molecule has 1 aliphatic rings. The maximum atomic E-state index is 12.1. The molecule has 0 atom stereocenters. The van der Waals surface area contributed by atoms with Crippen molar-refractivity contribution >= 4 is 5.91 Å². The molecule has 0 aliphatic carbocycles. The van der Waals surface area contributed by atoms with Crippen molar-refractivity contribution in [2.24, 2.45) is 5.73 Å². The summed E-state index contributed by atoms with van der Waals surface area (Å²) in [5.41, 5.74) is 6.87. The molecule has 1 rings (SSSR count). The molecule has 0 aromatic carbocycles. The van der Waals surface area contributed by atoms with E-state index in [-0.39, 0.29) is 5.91 Å². The van der Waals surface area contributed by atoms with E-state index in [0.717, 1.165) is 38.0 Å². The lowest BCUT2D eigenvalue weighted by Gasteiger charge is -2.31. The van der Waals surface area contributed by atoms with Crippen LogP contribution in [0.15, 0.2) is 12.2 Å². The monoisotopic (exact) mass is 239 g/mol. The quantitative estimate of drug-likeness (QED) is 0.723. The maximum Gasteiger partial charge on any atom is 0.237 e. The number of nitrogens with zero attached hydrogens (tertiary/aromatic N) is 2. The molecule has 0 spiro atoms. The van der Waals surface area contributed by atoms with Crippen LogP contribution in [0.1, 0.15) is 26.7 Å². The molecule has 4 nitrogen and oxygen atoms in total. The Morgan fingerprint density at radius 1 is 1.47 bits per heavy atom. The number of carbonyl (C=O) groups is 1. The SMILES string of the molecule is C=C(C)CN(CC)C(=O)CN1CCC(N)CC1. The van der Waals surface area contributed by atoms with E-state index in [9.17, 15) is 4.79 Å². The summed E-state index contributed by atoms with van der Waals surface area (Å²) in [4.78, 5) is 16.1. The lowest BCUT2D eigenvalue weighted by molar-refractivity contribution is -0.132. The number of hydrogen-bond acceptors (Lipinski definition) is 3. The number of likely N-dealkylation sites (N-methyl/N-ethyl adjacent to an activating group) is 1. The molecule has 1 aliphatic heterocycles. The molecule has 4 heteroatoms. The first-order valence-corrected chi connectivity index (χ1v) is 6.43. The molecule has 1 fully saturated rings. The third-order valence-corrected chi connectivity index (χ3v) is 3.19. The molecule has 0 aromatic heterocycles. The van der Waals surface area contributed by atoms with Crippen molar-refractivity contribution in [3.8, 4) is 0 Å². The molecule has 1 amide bonds. The molecule has 2 N–H and O–H groups in total. The van der Waals surface area contributed by atoms with E-state index in [2.05, 4.69) is 11.5 Å². The highest BCUT2D eigenvalue weighted by atomic mass is 16.2. The summed E-state index contributed by atoms with van der Waals surface area (Å²) < 4.78 is 0. The third-order valence-electron chi connectivity index (χ3n) is 3.19. The van der Waals surface area contributed by atoms with Gasteiger partial charge in [-0.25, -0.2) is 0 Å². The molecule has 0 aromatic rings. The zero-order valence-electron chi connectivity index (χ0n) is 11.1. The highest BCUT2D eigenvalue weighted by molar-refractivity contribution is 5.78. The van der Waals surface area contributed by atoms with Gasteiger partial charge in [0, 0.05) is 32.2 Å². The topological polar surface area (TPSA) is 49.6 Å². The van der Waals surface area contributed by atoms with Crippen LogP contribution in [0.4, 0.5) is 0 Å². The van der Waals surface area contributed by atoms with Gasteiger partial charge in [0.2, 0.25) is 5.91 Å². The fraction of sp³-hybridized carbons (Fsp3) is 0.769. The minimum Gasteiger partial charge on any atom is -0.338 e. The second-order valence-electron chi connectivity index (χ2n) is 4.98. The number of likely N-dealkylation sites (tertiary alicyclic amines) is 1. The molecular weight excluding hydrogens is 214 g/mol. The van der Waals surface area contributed by atoms with Crippen LogP contribution < -0.4 is 5.73 Å². The van der Waals surface area contributed by atoms with E-state index in [1.807, 2.05) is 18.7 Å². The van der Waals surface area contributed by atoms with Gasteiger partial charge in [-0.15, -0.1) is 0 Å². The van der Waals surface area contributed by atoms with Crippen molar-refractivity contribution in [3.63, 3.8) is 0 Å². The van der Waals surface area contributed by atoms with Crippen LogP contribution >= 0.6 is 0 Å². The van der Waals surface area contributed by atoms with Crippen molar-refractivity contribution < 1.29 is 4.79 Å². The summed E-state index contributed by atoms with van der Waals surface area (Å²) in [7, 11) is 0. The first-order valence-electron chi connectivity index (χ1n) is 6.43. The van der Waals surface area contributed by atoms with Gasteiger partial charge < -0.3 is 10.6 Å². The molecule has 0 unspecified atom stereocenters. The zero-order chi connectivity index (χ0) is 12.8. The summed E-state index contributed by atoms with van der Waals surface area (Å²) in [6.45, 7) is 11.6. The van der Waals surface area contributed by atoms with E-state index >= 15 is 0 Å². The molecule has 17 heavy (non-hydrogen) atoms. The minimum atomic E-state index is 0.200. The molecular formula is C13H25N3O. The summed E-state index contributed by atoms with van der Waals surface area (Å²) >= 11 is 0. The van der Waals surface area contributed by atoms with E-state index < -0.39 is 0 Å². The molecule has 1 saturated heterocycles. The molecule has 0 radical (unpaired) electrons. The maximum absolute atomic E-state index is 12.1. The first-order chi connectivity index (χ1) is 8.02. The lowest BCUT2D eigenvalue weighted by Crippen LogP contribution is -2.46. The fourth-order valence-electron chi connectivity index (χ4n) is 2.10. The average molecular weight is 239 g/mol. The van der Waals surface area contributed by atoms with Gasteiger partial charge in [0.25, 0.3) is 0 Å². The second kappa shape index (κ2) is 6.77. The highest BCUT2D eigenvalue weighted by Crippen LogP contribution is 2.08. The largest absolute Gasteiger partial charge is 0.338 e. The van der Waals surface area contributed by atoms with Gasteiger partial charge in [-0.1, -0.05) is 12.2 Å². The Labute approximate surface area is 104 Å². The standard InChI is InChI=1S/C13H25N3O/c1-4-16(9-11(2)3)13(17)10-15-7-5-12(14)6-8-15/h12H,2,4-10,14H2,1,3H3. The number of hydrogen-bond donors (Lipinski definition) is 1. The third kappa shape index (κ3) is 4.88. The van der Waals surface area contributed by atoms with Crippen LogP contribution in [-0.2, 0) is 4.79 Å². The van der Waals surface area contributed by atoms with Gasteiger partial charge in [-0.2, -0.15) is 0 Å². The molecule has 0 saturated carbocycles. The normalized spacial score (nSPS) is 18.1. The Bertz CT molecular complexity index is 270. The number of rotatable bonds is 5. The van der Waals surface area contributed by atoms with Crippen molar-refractivity contribution in [2.45, 2.75) is 32.7 Å². The van der Waals surface area contributed by atoms with E-state index in [4.69, 9.17) is 5.73 Å². The van der Waals surface area contributed by atoms with Gasteiger partial charge in [-0.05, 0) is 26.7 Å². The molecule has 98 valence electrons. The predicted molar refractivity (Wildman–Crippen MR) is 70.7 cm³/mol. The Kier molecular flexibility index (Phi) is 5.65. The van der Waals surface area contributed by atoms with E-state index in [0.29, 0.717) is 19.1 Å². The highest BCUT2D eigenvalue weighted by Gasteiger charge is 2.20. The first kappa shape index (κ1) is 14.2.